The Labute approximate surface area is 173 Å². The molecular weight excluding hydrogens is 396 g/mol. The van der Waals surface area contributed by atoms with Gasteiger partial charge in [0.1, 0.15) is 41.7 Å². The Morgan fingerprint density at radius 2 is 2.10 bits per heavy atom. The first-order chi connectivity index (χ1) is 13.9. The summed E-state index contributed by atoms with van der Waals surface area (Å²) in [6.07, 6.45) is 3.98. The standard InChI is InChI=1S/C21H26O7S/c1-9(7-22)20-14(26-20)15-21(27-15)18(2)5-4-10-11(8-24-16(10)23)13(18)12-6-19(21,25-12)17(20)28-29-3/h9,12-15,17,22H,4-8H2,1-3H3/t9?,12?,13-,14+,15+,17+,18+,19-,20+,21-/m1/s1. The maximum atomic E-state index is 12.2. The van der Waals surface area contributed by atoms with Gasteiger partial charge >= 0.3 is 5.97 Å². The van der Waals surface area contributed by atoms with Gasteiger partial charge in [0.15, 0.2) is 0 Å². The van der Waals surface area contributed by atoms with Crippen LogP contribution in [-0.2, 0) is 27.9 Å². The van der Waals surface area contributed by atoms with E-state index >= 15 is 0 Å². The molecule has 4 saturated heterocycles. The van der Waals surface area contributed by atoms with Crippen molar-refractivity contribution in [3.63, 3.8) is 0 Å². The molecule has 6 fully saturated rings. The van der Waals surface area contributed by atoms with Crippen LogP contribution in [0.15, 0.2) is 11.1 Å². The molecule has 5 heterocycles. The average molecular weight is 422 g/mol. The molecule has 5 aliphatic heterocycles. The molecule has 0 radical (unpaired) electrons. The number of hydrogen-bond acceptors (Lipinski definition) is 8. The molecule has 0 amide bonds. The fourth-order valence-corrected chi connectivity index (χ4v) is 8.64. The Bertz CT molecular complexity index is 867. The van der Waals surface area contributed by atoms with Crippen molar-refractivity contribution in [2.24, 2.45) is 17.3 Å². The second kappa shape index (κ2) is 5.05. The number of fused-ring (bicyclic) bond motifs is 2. The molecule has 0 aromatic heterocycles. The number of hydrogen-bond donors (Lipinski definition) is 1. The minimum atomic E-state index is -0.561. The van der Waals surface area contributed by atoms with Crippen LogP contribution in [0.5, 0.6) is 0 Å². The van der Waals surface area contributed by atoms with Gasteiger partial charge in [-0.1, -0.05) is 13.8 Å². The number of carbonyl (C=O) groups excluding carboxylic acids is 1. The van der Waals surface area contributed by atoms with Gasteiger partial charge in [-0.05, 0) is 30.5 Å². The van der Waals surface area contributed by atoms with E-state index in [-0.39, 0.29) is 54.2 Å². The fraction of sp³-hybridized carbons (Fsp3) is 0.857. The van der Waals surface area contributed by atoms with Crippen molar-refractivity contribution in [3.8, 4) is 0 Å². The maximum absolute atomic E-state index is 12.2. The van der Waals surface area contributed by atoms with Crippen molar-refractivity contribution in [2.75, 3.05) is 19.5 Å². The van der Waals surface area contributed by atoms with Gasteiger partial charge in [0.05, 0.1) is 6.10 Å². The monoisotopic (exact) mass is 422 g/mol. The number of ether oxygens (including phenoxy) is 4. The summed E-state index contributed by atoms with van der Waals surface area (Å²) in [4.78, 5) is 12.2. The lowest BCUT2D eigenvalue weighted by atomic mass is 9.42. The van der Waals surface area contributed by atoms with Crippen molar-refractivity contribution in [1.29, 1.82) is 0 Å². The van der Waals surface area contributed by atoms with E-state index in [1.807, 2.05) is 13.2 Å². The number of carbonyl (C=O) groups is 1. The summed E-state index contributed by atoms with van der Waals surface area (Å²) in [5, 5.41) is 9.95. The smallest absolute Gasteiger partial charge is 0.334 e. The first-order valence-electron chi connectivity index (χ1n) is 10.6. The summed E-state index contributed by atoms with van der Waals surface area (Å²) < 4.78 is 31.4. The van der Waals surface area contributed by atoms with Crippen molar-refractivity contribution in [2.45, 2.75) is 74.3 Å². The lowest BCUT2D eigenvalue weighted by Crippen LogP contribution is -2.84. The summed E-state index contributed by atoms with van der Waals surface area (Å²) in [6.45, 7) is 4.76. The number of cyclic esters (lactones) is 1. The number of aliphatic hydroxyl groups is 1. The van der Waals surface area contributed by atoms with Gasteiger partial charge in [-0.25, -0.2) is 4.79 Å². The minimum Gasteiger partial charge on any atom is -0.458 e. The predicted molar refractivity (Wildman–Crippen MR) is 101 cm³/mol. The fourth-order valence-electron chi connectivity index (χ4n) is 8.14. The van der Waals surface area contributed by atoms with Crippen molar-refractivity contribution < 1.29 is 33.0 Å². The maximum Gasteiger partial charge on any atom is 0.334 e. The molecule has 0 aromatic carbocycles. The minimum absolute atomic E-state index is 0.0412. The van der Waals surface area contributed by atoms with E-state index in [0.29, 0.717) is 6.61 Å². The van der Waals surface area contributed by atoms with E-state index in [2.05, 4.69) is 6.92 Å². The molecule has 2 saturated carbocycles. The topological polar surface area (TPSA) is 90.0 Å². The zero-order valence-corrected chi connectivity index (χ0v) is 17.6. The zero-order chi connectivity index (χ0) is 20.0. The Balaban J connectivity index is 1.37. The van der Waals surface area contributed by atoms with E-state index in [0.717, 1.165) is 30.4 Å². The highest BCUT2D eigenvalue weighted by atomic mass is 32.2. The highest BCUT2D eigenvalue weighted by Gasteiger charge is 2.98. The highest BCUT2D eigenvalue weighted by molar-refractivity contribution is 7.93. The van der Waals surface area contributed by atoms with Crippen molar-refractivity contribution >= 4 is 18.0 Å². The van der Waals surface area contributed by atoms with E-state index in [4.69, 9.17) is 23.1 Å². The van der Waals surface area contributed by atoms with Gasteiger partial charge in [-0.2, -0.15) is 0 Å². The molecule has 3 aliphatic carbocycles. The Hall–Kier alpha value is -0.640. The van der Waals surface area contributed by atoms with Crippen molar-refractivity contribution in [1.82, 2.24) is 0 Å². The van der Waals surface area contributed by atoms with Gasteiger partial charge in [-0.15, -0.1) is 0 Å². The summed E-state index contributed by atoms with van der Waals surface area (Å²) >= 11 is 1.33. The SMILES string of the molecule is CSO[C@@H]1[C@@]2(C(C)CO)O[C@H]2[C@@H]2O[C@@]23[C@@]2(C)CCC4=C(COC4=O)[C@@H]2C2C[C@@]13O2. The molecule has 2 spiro atoms. The van der Waals surface area contributed by atoms with Gasteiger partial charge in [0, 0.05) is 42.1 Å². The zero-order valence-electron chi connectivity index (χ0n) is 16.8. The van der Waals surface area contributed by atoms with E-state index in [9.17, 15) is 9.90 Å². The van der Waals surface area contributed by atoms with Crippen LogP contribution < -0.4 is 0 Å². The molecule has 7 nitrogen and oxygen atoms in total. The third-order valence-corrected chi connectivity index (χ3v) is 9.77. The second-order valence-electron chi connectivity index (χ2n) is 10.1. The number of aliphatic hydroxyl groups excluding tert-OH is 1. The quantitative estimate of drug-likeness (QED) is 0.413. The van der Waals surface area contributed by atoms with Crippen LogP contribution in [0, 0.1) is 17.3 Å². The molecule has 2 unspecified atom stereocenters. The average Bonchev–Trinajstić information content (AvgIpc) is 3.55. The normalized spacial score (nSPS) is 58.8. The van der Waals surface area contributed by atoms with Gasteiger partial charge in [-0.3, -0.25) is 0 Å². The van der Waals surface area contributed by atoms with Crippen LogP contribution in [0.25, 0.3) is 0 Å². The van der Waals surface area contributed by atoms with Gasteiger partial charge in [0.25, 0.3) is 0 Å². The second-order valence-corrected chi connectivity index (χ2v) is 10.6. The highest BCUT2D eigenvalue weighted by Crippen LogP contribution is 2.82. The summed E-state index contributed by atoms with van der Waals surface area (Å²) in [7, 11) is 0. The molecule has 0 aromatic rings. The summed E-state index contributed by atoms with van der Waals surface area (Å²) in [5.74, 6) is -0.0746. The summed E-state index contributed by atoms with van der Waals surface area (Å²) in [6, 6.07) is 0. The molecule has 8 rings (SSSR count). The third kappa shape index (κ3) is 1.59. The largest absolute Gasteiger partial charge is 0.458 e. The van der Waals surface area contributed by atoms with Gasteiger partial charge in [0.2, 0.25) is 0 Å². The van der Waals surface area contributed by atoms with Crippen LogP contribution in [0.3, 0.4) is 0 Å². The number of rotatable bonds is 4. The third-order valence-electron chi connectivity index (χ3n) is 9.38. The van der Waals surface area contributed by atoms with E-state index in [1.54, 1.807) is 0 Å². The molecule has 158 valence electrons. The van der Waals surface area contributed by atoms with Crippen molar-refractivity contribution in [3.05, 3.63) is 11.1 Å². The molecule has 1 N–H and O–H groups in total. The van der Waals surface area contributed by atoms with Crippen LogP contribution >= 0.6 is 12.0 Å². The molecular formula is C21H26O7S. The first-order valence-corrected chi connectivity index (χ1v) is 11.8. The first kappa shape index (κ1) is 18.0. The van der Waals surface area contributed by atoms with E-state index < -0.39 is 16.8 Å². The number of epoxide rings is 2. The molecule has 8 aliphatic rings. The Kier molecular flexibility index (Phi) is 3.13. The van der Waals surface area contributed by atoms with Crippen LogP contribution in [-0.4, -0.2) is 71.8 Å². The van der Waals surface area contributed by atoms with Crippen LogP contribution in [0.4, 0.5) is 0 Å². The van der Waals surface area contributed by atoms with E-state index in [1.165, 1.54) is 12.0 Å². The lowest BCUT2D eigenvalue weighted by Gasteiger charge is -2.70. The Morgan fingerprint density at radius 1 is 1.31 bits per heavy atom. The molecule has 8 heteroatoms. The lowest BCUT2D eigenvalue weighted by molar-refractivity contribution is -0.362. The van der Waals surface area contributed by atoms with Crippen LogP contribution in [0.2, 0.25) is 0 Å². The molecule has 10 atom stereocenters. The Morgan fingerprint density at radius 3 is 2.83 bits per heavy atom. The van der Waals surface area contributed by atoms with Crippen LogP contribution in [0.1, 0.15) is 33.1 Å². The summed E-state index contributed by atoms with van der Waals surface area (Å²) in [5.41, 5.74) is 0.264. The van der Waals surface area contributed by atoms with Gasteiger partial charge < -0.3 is 28.2 Å². The molecule has 2 bridgehead atoms. The predicted octanol–water partition coefficient (Wildman–Crippen LogP) is 1.38. The molecule has 29 heavy (non-hydrogen) atoms. The number of esters is 1.